The quantitative estimate of drug-likeness (QED) is 0.789. The van der Waals surface area contributed by atoms with E-state index in [1.807, 2.05) is 0 Å². The van der Waals surface area contributed by atoms with E-state index in [0.717, 1.165) is 12.1 Å². The van der Waals surface area contributed by atoms with Crippen LogP contribution in [0.3, 0.4) is 0 Å². The van der Waals surface area contributed by atoms with Crippen molar-refractivity contribution in [3.8, 4) is 0 Å². The van der Waals surface area contributed by atoms with Crippen LogP contribution >= 0.6 is 0 Å². The molecule has 0 unspecified atom stereocenters. The second kappa shape index (κ2) is 6.96. The third-order valence-electron chi connectivity index (χ3n) is 2.56. The van der Waals surface area contributed by atoms with E-state index < -0.39 is 23.6 Å². The summed E-state index contributed by atoms with van der Waals surface area (Å²) in [4.78, 5) is 22.4. The first kappa shape index (κ1) is 16.8. The lowest BCUT2D eigenvalue weighted by molar-refractivity contribution is -0.142. The fraction of sp³-hybridized carbons (Fsp3) is 0.385. The van der Waals surface area contributed by atoms with Crippen LogP contribution in [-0.2, 0) is 15.7 Å². The van der Waals surface area contributed by atoms with E-state index in [-0.39, 0.29) is 30.8 Å². The van der Waals surface area contributed by atoms with Crippen molar-refractivity contribution in [1.29, 1.82) is 0 Å². The van der Waals surface area contributed by atoms with Crippen molar-refractivity contribution in [2.75, 3.05) is 18.5 Å². The Balaban J connectivity index is 2.83. The minimum Gasteiger partial charge on any atom is -0.466 e. The van der Waals surface area contributed by atoms with Crippen LogP contribution in [0.25, 0.3) is 0 Å². The Morgan fingerprint density at radius 2 is 2.00 bits per heavy atom. The number of hydrogen-bond acceptors (Lipinski definition) is 4. The highest BCUT2D eigenvalue weighted by Crippen LogP contribution is 2.31. The molecule has 0 saturated carbocycles. The van der Waals surface area contributed by atoms with E-state index in [1.165, 1.54) is 0 Å². The predicted octanol–water partition coefficient (Wildman–Crippen LogP) is 2.17. The molecule has 0 aliphatic rings. The molecule has 0 radical (unpaired) electrons. The second-order valence-corrected chi connectivity index (χ2v) is 4.10. The van der Waals surface area contributed by atoms with E-state index in [1.54, 1.807) is 6.92 Å². The van der Waals surface area contributed by atoms with Crippen LogP contribution in [0.4, 0.5) is 18.9 Å². The summed E-state index contributed by atoms with van der Waals surface area (Å²) in [7, 11) is 0. The zero-order valence-electron chi connectivity index (χ0n) is 11.3. The predicted molar refractivity (Wildman–Crippen MR) is 69.7 cm³/mol. The number of ether oxygens (including phenoxy) is 1. The Labute approximate surface area is 119 Å². The average molecular weight is 304 g/mol. The first-order chi connectivity index (χ1) is 9.75. The van der Waals surface area contributed by atoms with Crippen molar-refractivity contribution in [2.24, 2.45) is 5.73 Å². The molecule has 8 heteroatoms. The SMILES string of the molecule is CCOC(=O)CCNc1ccc(C(F)(F)F)cc1C(N)=O. The van der Waals surface area contributed by atoms with Crippen molar-refractivity contribution >= 4 is 17.6 Å². The van der Waals surface area contributed by atoms with Gasteiger partial charge < -0.3 is 15.8 Å². The van der Waals surface area contributed by atoms with E-state index in [4.69, 9.17) is 10.5 Å². The molecule has 3 N–H and O–H groups in total. The molecule has 1 aromatic rings. The summed E-state index contributed by atoms with van der Waals surface area (Å²) in [5.74, 6) is -1.43. The minimum atomic E-state index is -4.56. The molecular weight excluding hydrogens is 289 g/mol. The summed E-state index contributed by atoms with van der Waals surface area (Å²) in [5, 5.41) is 2.69. The number of carbonyl (C=O) groups excluding carboxylic acids is 2. The zero-order chi connectivity index (χ0) is 16.0. The normalized spacial score (nSPS) is 11.0. The van der Waals surface area contributed by atoms with E-state index in [9.17, 15) is 22.8 Å². The summed E-state index contributed by atoms with van der Waals surface area (Å²) in [6.07, 6.45) is -4.54. The van der Waals surface area contributed by atoms with Crippen LogP contribution in [-0.4, -0.2) is 25.0 Å². The van der Waals surface area contributed by atoms with Gasteiger partial charge in [0.15, 0.2) is 0 Å². The average Bonchev–Trinajstić information content (AvgIpc) is 2.37. The van der Waals surface area contributed by atoms with Gasteiger partial charge in [0.2, 0.25) is 0 Å². The number of nitrogens with two attached hydrogens (primary N) is 1. The molecule has 0 heterocycles. The minimum absolute atomic E-state index is 0.0209. The number of alkyl halides is 3. The molecule has 0 aromatic heterocycles. The van der Waals surface area contributed by atoms with Gasteiger partial charge in [-0.3, -0.25) is 9.59 Å². The van der Waals surface area contributed by atoms with Crippen molar-refractivity contribution < 1.29 is 27.5 Å². The number of esters is 1. The maximum atomic E-state index is 12.6. The molecule has 116 valence electrons. The molecule has 0 aliphatic heterocycles. The molecule has 0 saturated heterocycles. The standard InChI is InChI=1S/C13H15F3N2O3/c1-2-21-11(19)5-6-18-10-4-3-8(13(14,15)16)7-9(10)12(17)20/h3-4,7,18H,2,5-6H2,1H3,(H2,17,20). The van der Waals surface area contributed by atoms with Crippen molar-refractivity contribution in [3.63, 3.8) is 0 Å². The Hall–Kier alpha value is -2.25. The number of hydrogen-bond donors (Lipinski definition) is 2. The number of primary amides is 1. The van der Waals surface area contributed by atoms with Gasteiger partial charge in [0.1, 0.15) is 0 Å². The molecule has 21 heavy (non-hydrogen) atoms. The summed E-state index contributed by atoms with van der Waals surface area (Å²) in [6.45, 7) is 2.02. The molecule has 0 atom stereocenters. The number of amides is 1. The lowest BCUT2D eigenvalue weighted by Crippen LogP contribution is -2.18. The fourth-order valence-electron chi connectivity index (χ4n) is 1.61. The Morgan fingerprint density at radius 1 is 1.33 bits per heavy atom. The first-order valence-corrected chi connectivity index (χ1v) is 6.16. The van der Waals surface area contributed by atoms with E-state index in [0.29, 0.717) is 6.07 Å². The van der Waals surface area contributed by atoms with Crippen LogP contribution in [0.2, 0.25) is 0 Å². The summed E-state index contributed by atoms with van der Waals surface area (Å²) < 4.78 is 42.4. The number of nitrogens with one attached hydrogen (secondary N) is 1. The summed E-state index contributed by atoms with van der Waals surface area (Å²) in [5.41, 5.74) is 3.96. The van der Waals surface area contributed by atoms with Crippen molar-refractivity contribution in [2.45, 2.75) is 19.5 Å². The van der Waals surface area contributed by atoms with Gasteiger partial charge in [0.25, 0.3) is 5.91 Å². The smallest absolute Gasteiger partial charge is 0.416 e. The lowest BCUT2D eigenvalue weighted by Gasteiger charge is -2.13. The van der Waals surface area contributed by atoms with Crippen LogP contribution in [0.15, 0.2) is 18.2 Å². The number of anilines is 1. The number of benzene rings is 1. The Morgan fingerprint density at radius 3 is 2.52 bits per heavy atom. The van der Waals surface area contributed by atoms with Crippen molar-refractivity contribution in [3.05, 3.63) is 29.3 Å². The molecule has 0 spiro atoms. The third kappa shape index (κ3) is 4.97. The third-order valence-corrected chi connectivity index (χ3v) is 2.56. The van der Waals surface area contributed by atoms with Crippen LogP contribution in [0, 0.1) is 0 Å². The molecule has 1 aromatic carbocycles. The zero-order valence-corrected chi connectivity index (χ0v) is 11.3. The van der Waals surface area contributed by atoms with Gasteiger partial charge >= 0.3 is 12.1 Å². The monoisotopic (exact) mass is 304 g/mol. The molecule has 0 fully saturated rings. The second-order valence-electron chi connectivity index (χ2n) is 4.10. The molecule has 0 aliphatic carbocycles. The summed E-state index contributed by atoms with van der Waals surface area (Å²) in [6, 6.07) is 2.61. The molecule has 5 nitrogen and oxygen atoms in total. The molecule has 1 rings (SSSR count). The Bertz CT molecular complexity index is 530. The maximum Gasteiger partial charge on any atom is 0.416 e. The van der Waals surface area contributed by atoms with Gasteiger partial charge in [-0.05, 0) is 25.1 Å². The largest absolute Gasteiger partial charge is 0.466 e. The lowest BCUT2D eigenvalue weighted by atomic mass is 10.1. The van der Waals surface area contributed by atoms with Gasteiger partial charge in [0.05, 0.1) is 24.2 Å². The fourth-order valence-corrected chi connectivity index (χ4v) is 1.61. The number of carbonyl (C=O) groups is 2. The number of rotatable bonds is 6. The van der Waals surface area contributed by atoms with Crippen molar-refractivity contribution in [1.82, 2.24) is 0 Å². The van der Waals surface area contributed by atoms with Crippen LogP contribution < -0.4 is 11.1 Å². The van der Waals surface area contributed by atoms with Crippen LogP contribution in [0.1, 0.15) is 29.3 Å². The highest BCUT2D eigenvalue weighted by Gasteiger charge is 2.31. The van der Waals surface area contributed by atoms with E-state index >= 15 is 0 Å². The molecular formula is C13H15F3N2O3. The van der Waals surface area contributed by atoms with Gasteiger partial charge in [-0.2, -0.15) is 13.2 Å². The number of halogens is 3. The van der Waals surface area contributed by atoms with Gasteiger partial charge in [-0.1, -0.05) is 0 Å². The van der Waals surface area contributed by atoms with Crippen LogP contribution in [0.5, 0.6) is 0 Å². The first-order valence-electron chi connectivity index (χ1n) is 6.16. The highest BCUT2D eigenvalue weighted by molar-refractivity contribution is 5.98. The topological polar surface area (TPSA) is 81.4 Å². The summed E-state index contributed by atoms with van der Waals surface area (Å²) >= 11 is 0. The molecule has 1 amide bonds. The van der Waals surface area contributed by atoms with Gasteiger partial charge in [-0.15, -0.1) is 0 Å². The molecule has 0 bridgehead atoms. The maximum absolute atomic E-state index is 12.6. The highest BCUT2D eigenvalue weighted by atomic mass is 19.4. The van der Waals surface area contributed by atoms with Gasteiger partial charge in [0, 0.05) is 12.2 Å². The van der Waals surface area contributed by atoms with Gasteiger partial charge in [-0.25, -0.2) is 0 Å². The van der Waals surface area contributed by atoms with E-state index in [2.05, 4.69) is 5.32 Å². The Kier molecular flexibility index (Phi) is 5.57.